The van der Waals surface area contributed by atoms with Gasteiger partial charge in [-0.1, -0.05) is 7.43 Å². The van der Waals surface area contributed by atoms with Crippen molar-refractivity contribution in [2.24, 2.45) is 0 Å². The first-order chi connectivity index (χ1) is 1.41. The normalized spacial score (nSPS) is 1.75. The zero-order chi connectivity index (χ0) is 2.71. The van der Waals surface area contributed by atoms with Crippen molar-refractivity contribution < 1.29 is 28.2 Å². The maximum absolute atomic E-state index is 9.76. The molecule has 0 unspecified atom stereocenters. The number of hydrogen-bond donors (Lipinski definition) is 0. The van der Waals surface area contributed by atoms with Gasteiger partial charge in [-0.2, -0.15) is 0 Å². The van der Waals surface area contributed by atoms with Crippen LogP contribution >= 0.6 is 0 Å². The van der Waals surface area contributed by atoms with Gasteiger partial charge >= 0.3 is 16.1 Å². The van der Waals surface area contributed by atoms with Crippen LogP contribution in [0.25, 0.3) is 0 Å². The molecule has 0 atom stereocenters. The van der Waals surface area contributed by atoms with Crippen molar-refractivity contribution in [3.05, 3.63) is 0 Å². The molecule has 0 aromatic carbocycles. The number of rotatable bonds is 0. The molecule has 3 nitrogen and oxygen atoms in total. The average Bonchev–Trinajstić information content (AvgIpc) is 0.918. The maximum atomic E-state index is 9.76. The van der Waals surface area contributed by atoms with Crippen molar-refractivity contribution in [1.82, 2.24) is 0 Å². The fourth-order valence-electron chi connectivity index (χ4n) is 0. The minimum atomic E-state index is -2.58. The summed E-state index contributed by atoms with van der Waals surface area (Å²) in [6.07, 6.45) is 0. The summed E-state index contributed by atoms with van der Waals surface area (Å²) >= 11 is -2.58. The molecule has 0 saturated heterocycles. The second kappa shape index (κ2) is 192. The van der Waals surface area contributed by atoms with Crippen LogP contribution in [0.5, 0.6) is 0 Å². The monoisotopic (exact) mass is 156 g/mol. The molecule has 0 bridgehead atoms. The van der Waals surface area contributed by atoms with Crippen molar-refractivity contribution in [3.63, 3.8) is 0 Å². The molecule has 6 N–H and O–H groups in total. The van der Waals surface area contributed by atoms with Gasteiger partial charge in [-0.25, -0.2) is 0 Å². The van der Waals surface area contributed by atoms with Gasteiger partial charge < -0.3 is 23.5 Å². The fraction of sp³-hybridized carbons (Fsp3) is 1.00. The highest BCUT2D eigenvalue weighted by molar-refractivity contribution is 6.15. The Bertz CT molecular complexity index is 14.5. The lowest BCUT2D eigenvalue weighted by Gasteiger charge is -1.34. The van der Waals surface area contributed by atoms with E-state index in [9.17, 15) is 7.05 Å². The van der Waals surface area contributed by atoms with E-state index in [0.717, 1.165) is 0 Å². The van der Waals surface area contributed by atoms with E-state index in [0.29, 0.717) is 0 Å². The Hall–Kier alpha value is 0.202. The second-order valence-electron chi connectivity index (χ2n) is 0.101. The Morgan fingerprint density at radius 2 is 0.875 bits per heavy atom. The van der Waals surface area contributed by atoms with Crippen LogP contribution in [0.1, 0.15) is 7.43 Å². The Kier molecular flexibility index (Phi) is 2100. The zero-order valence-corrected chi connectivity index (χ0v) is 4.79. The molecule has 8 heavy (non-hydrogen) atoms. The third-order valence-corrected chi connectivity index (χ3v) is 0. The van der Waals surface area contributed by atoms with Gasteiger partial charge in [-0.3, -0.25) is 4.70 Å². The van der Waals surface area contributed by atoms with E-state index in [-0.39, 0.29) is 28.6 Å². The summed E-state index contributed by atoms with van der Waals surface area (Å²) in [5.74, 6) is 0. The molecule has 0 heterocycles. The minimum absolute atomic E-state index is 0. The molecule has 0 radical (unpaired) electrons. The standard InChI is InChI=1S/CH4.Al.3FH.3H2O.H/h1H4;;3*1H;3*1H2;/q;+2;;;;;;;/p-2. The third-order valence-electron chi connectivity index (χ3n) is 0. The molecule has 0 aliphatic carbocycles. The van der Waals surface area contributed by atoms with E-state index in [1.54, 1.807) is 0 Å². The molecule has 0 aliphatic heterocycles. The summed E-state index contributed by atoms with van der Waals surface area (Å²) < 4.78 is 19.5. The van der Waals surface area contributed by atoms with E-state index in [4.69, 9.17) is 0 Å². The van der Waals surface area contributed by atoms with E-state index in [2.05, 4.69) is 0 Å². The fourth-order valence-corrected chi connectivity index (χ4v) is 0. The molecule has 0 aliphatic rings. The summed E-state index contributed by atoms with van der Waals surface area (Å²) in [6.45, 7) is 0. The van der Waals surface area contributed by atoms with Crippen LogP contribution in [0.2, 0.25) is 0 Å². The summed E-state index contributed by atoms with van der Waals surface area (Å²) in [6, 6.07) is 0. The lowest BCUT2D eigenvalue weighted by Crippen LogP contribution is -1.45. The minimum Gasteiger partial charge on any atom is -0.412 e. The zero-order valence-electron chi connectivity index (χ0n) is 3.37. The van der Waals surface area contributed by atoms with E-state index >= 15 is 0 Å². The predicted molar refractivity (Wildman–Crippen MR) is 29.4 cm³/mol. The quantitative estimate of drug-likeness (QED) is 0.382. The molecular weight excluding hydrogens is 144 g/mol. The molecule has 0 aromatic rings. The van der Waals surface area contributed by atoms with E-state index in [1.807, 2.05) is 0 Å². The van der Waals surface area contributed by atoms with Crippen LogP contribution < -0.4 is 0 Å². The molecule has 0 amide bonds. The van der Waals surface area contributed by atoms with Crippen molar-refractivity contribution in [1.29, 1.82) is 0 Å². The highest BCUT2D eigenvalue weighted by atomic mass is 27.2. The molecule has 7 heteroatoms. The van der Waals surface area contributed by atoms with Crippen molar-refractivity contribution in [2.45, 2.75) is 7.43 Å². The summed E-state index contributed by atoms with van der Waals surface area (Å²) in [5.41, 5.74) is 0. The molecule has 0 rings (SSSR count). The summed E-state index contributed by atoms with van der Waals surface area (Å²) in [4.78, 5) is 0. The first kappa shape index (κ1) is 87.7. The van der Waals surface area contributed by atoms with Gasteiger partial charge in [-0.05, 0) is 0 Å². The average molecular weight is 156 g/mol. The topological polar surface area (TPSA) is 94.5 Å². The number of halogens is 3. The van der Waals surface area contributed by atoms with Crippen LogP contribution in [0.15, 0.2) is 0 Å². The van der Waals surface area contributed by atoms with Gasteiger partial charge in [0.2, 0.25) is 0 Å². The Morgan fingerprint density at radius 3 is 0.875 bits per heavy atom. The molecule has 58 valence electrons. The smallest absolute Gasteiger partial charge is 0.412 e. The van der Waals surface area contributed by atoms with Gasteiger partial charge in [0.25, 0.3) is 0 Å². The van der Waals surface area contributed by atoms with Crippen LogP contribution in [-0.2, 0) is 0 Å². The van der Waals surface area contributed by atoms with Gasteiger partial charge in [0.1, 0.15) is 0 Å². The summed E-state index contributed by atoms with van der Waals surface area (Å²) in [7, 11) is 0. The highest BCUT2D eigenvalue weighted by Crippen LogP contribution is 1.49. The molecule has 0 spiro atoms. The lowest BCUT2D eigenvalue weighted by molar-refractivity contribution is 0.712. The van der Waals surface area contributed by atoms with Gasteiger partial charge in [0.05, 0.1) is 0 Å². The first-order valence-corrected chi connectivity index (χ1v) is 1.60. The summed E-state index contributed by atoms with van der Waals surface area (Å²) in [5, 5.41) is 0. The van der Waals surface area contributed by atoms with Gasteiger partial charge in [-0.15, -0.1) is 0 Å². The molecule has 0 aromatic heterocycles. The second-order valence-corrected chi connectivity index (χ2v) is 0.303. The Balaban J connectivity index is -0.00000000200. The first-order valence-electron chi connectivity index (χ1n) is 0.535. The van der Waals surface area contributed by atoms with Crippen LogP contribution in [-0.4, -0.2) is 32.6 Å². The van der Waals surface area contributed by atoms with Crippen LogP contribution in [0.4, 0.5) is 11.8 Å². The van der Waals surface area contributed by atoms with Crippen molar-refractivity contribution >= 4 is 16.1 Å². The lowest BCUT2D eigenvalue weighted by atomic mass is 12.0. The van der Waals surface area contributed by atoms with E-state index < -0.39 is 16.1 Å². The molecule has 0 saturated carbocycles. The largest absolute Gasteiger partial charge is 0.732 e. The number of hydrogen-bond acceptors (Lipinski definition) is 0. The van der Waals surface area contributed by atoms with E-state index in [1.165, 1.54) is 0 Å². The van der Waals surface area contributed by atoms with Crippen molar-refractivity contribution in [3.8, 4) is 0 Å². The van der Waals surface area contributed by atoms with Gasteiger partial charge in [0.15, 0.2) is 0 Å². The molecular formula is CH12AlF3O3. The molecule has 0 fully saturated rings. The van der Waals surface area contributed by atoms with Gasteiger partial charge in [0, 0.05) is 0 Å². The predicted octanol–water partition coefficient (Wildman–Crippen LogP) is -1.49. The van der Waals surface area contributed by atoms with Crippen molar-refractivity contribution in [2.75, 3.05) is 0 Å². The SMILES string of the molecule is C.F.O.O.O.[F][AlH][F]. The maximum Gasteiger partial charge on any atom is 0.732 e. The van der Waals surface area contributed by atoms with Crippen LogP contribution in [0, 0.1) is 0 Å². The van der Waals surface area contributed by atoms with Crippen LogP contribution in [0.3, 0.4) is 0 Å². The Labute approximate surface area is 52.7 Å². The highest BCUT2D eigenvalue weighted by Gasteiger charge is 1.70. The Morgan fingerprint density at radius 1 is 0.875 bits per heavy atom. The third kappa shape index (κ3) is 4100.